The smallest absolute Gasteiger partial charge is 0.317 e. The standard InChI is InChI=1S/C13H16NO4.CH2O2.Rf/c1-2-3-4-8(15)14-7-5-6-9(7)11-10(6)12(16)18-13(11)17;2-1-3;/h3,6-7,9-11H,2,4-5H2,1H3,(H,14,15);1H,(H,2,3);/q-1;;. The summed E-state index contributed by atoms with van der Waals surface area (Å²) in [7, 11) is 0. The number of esters is 2. The Morgan fingerprint density at radius 1 is 1.41 bits per heavy atom. The Kier molecular flexibility index (Phi) is 5.21. The number of amides is 1. The van der Waals surface area contributed by atoms with Gasteiger partial charge in [-0.05, 0) is 18.3 Å². The molecule has 0 bridgehead atoms. The first-order valence-corrected chi connectivity index (χ1v) is 6.99. The molecule has 0 radical (unpaired) electrons. The second kappa shape index (κ2) is 6.69. The molecule has 118 valence electrons. The summed E-state index contributed by atoms with van der Waals surface area (Å²) >= 11 is 0. The fourth-order valence-corrected chi connectivity index (χ4v) is 3.53. The van der Waals surface area contributed by atoms with Gasteiger partial charge in [-0.1, -0.05) is 13.3 Å². The molecule has 3 rings (SSSR count). The van der Waals surface area contributed by atoms with E-state index in [1.807, 2.05) is 13.3 Å². The Bertz CT molecular complexity index is 468. The molecule has 1 amide bonds. The van der Waals surface area contributed by atoms with Gasteiger partial charge in [-0.15, -0.1) is 0 Å². The maximum absolute atomic E-state index is 11.6. The van der Waals surface area contributed by atoms with Gasteiger partial charge in [0.2, 0.25) is 0 Å². The van der Waals surface area contributed by atoms with Crippen LogP contribution in [0.2, 0.25) is 0 Å². The summed E-state index contributed by atoms with van der Waals surface area (Å²) in [5.41, 5.74) is 0. The average Bonchev–Trinajstić information content (AvgIpc) is 2.63. The van der Waals surface area contributed by atoms with Crippen molar-refractivity contribution >= 4 is 24.3 Å². The molecular formula is C14H18NO6Rf-. The van der Waals surface area contributed by atoms with Crippen LogP contribution in [0.4, 0.5) is 0 Å². The maximum Gasteiger partial charge on any atom is 0.317 e. The number of carbonyl (C=O) groups is 4. The summed E-state index contributed by atoms with van der Waals surface area (Å²) in [4.78, 5) is 42.8. The summed E-state index contributed by atoms with van der Waals surface area (Å²) in [5.74, 6) is -0.911. The molecule has 7 nitrogen and oxygen atoms in total. The summed E-state index contributed by atoms with van der Waals surface area (Å²) in [6, 6.07) is 0.0486. The van der Waals surface area contributed by atoms with Gasteiger partial charge in [0.15, 0.2) is 5.91 Å². The summed E-state index contributed by atoms with van der Waals surface area (Å²) in [5, 5.41) is 9.83. The van der Waals surface area contributed by atoms with Crippen LogP contribution in [0.3, 0.4) is 0 Å². The van der Waals surface area contributed by atoms with E-state index in [1.165, 1.54) is 0 Å². The van der Waals surface area contributed by atoms with E-state index >= 15 is 0 Å². The van der Waals surface area contributed by atoms with Crippen LogP contribution < -0.4 is 5.32 Å². The molecule has 0 aromatic carbocycles. The van der Waals surface area contributed by atoms with E-state index in [2.05, 4.69) is 10.1 Å². The van der Waals surface area contributed by atoms with Crippen molar-refractivity contribution in [3.05, 3.63) is 6.42 Å². The van der Waals surface area contributed by atoms with Crippen molar-refractivity contribution in [1.82, 2.24) is 5.32 Å². The number of ether oxygens (including phenoxy) is 1. The monoisotopic (exact) mass is 563 g/mol. The van der Waals surface area contributed by atoms with Crippen molar-refractivity contribution in [1.29, 1.82) is 0 Å². The second-order valence-electron chi connectivity index (χ2n) is 5.45. The number of hydrogen-bond donors (Lipinski definition) is 2. The van der Waals surface area contributed by atoms with Gasteiger partial charge in [0, 0.05) is 6.04 Å². The quantitative estimate of drug-likeness (QED) is 0.218. The van der Waals surface area contributed by atoms with Gasteiger partial charge >= 0.3 is 11.9 Å². The third kappa shape index (κ3) is 2.62. The molecule has 2 aliphatic carbocycles. The van der Waals surface area contributed by atoms with E-state index in [0.29, 0.717) is 6.42 Å². The van der Waals surface area contributed by atoms with Crippen LogP contribution in [0.5, 0.6) is 0 Å². The largest absolute Gasteiger partial charge is 0.483 e. The van der Waals surface area contributed by atoms with Crippen LogP contribution in [0.1, 0.15) is 26.2 Å². The topological polar surface area (TPSA) is 110 Å². The van der Waals surface area contributed by atoms with Gasteiger partial charge in [0.1, 0.15) is 0 Å². The zero-order valence-electron chi connectivity index (χ0n) is 12.4. The van der Waals surface area contributed by atoms with Crippen molar-refractivity contribution in [2.45, 2.75) is 32.2 Å². The van der Waals surface area contributed by atoms with Crippen LogP contribution in [0.15, 0.2) is 0 Å². The number of carboxylic acid groups (broad SMARTS) is 1. The van der Waals surface area contributed by atoms with Gasteiger partial charge < -0.3 is 21.6 Å². The van der Waals surface area contributed by atoms with Gasteiger partial charge in [0.25, 0.3) is 6.47 Å². The molecule has 0 spiro atoms. The van der Waals surface area contributed by atoms with E-state index in [-0.39, 0.29) is 48.1 Å². The number of cyclic esters (lactones) is 2. The number of hydrogen-bond acceptors (Lipinski definition) is 5. The van der Waals surface area contributed by atoms with Crippen molar-refractivity contribution in [3.63, 3.8) is 0 Å². The molecule has 8 heteroatoms. The van der Waals surface area contributed by atoms with Crippen molar-refractivity contribution < 1.29 is 29.0 Å². The minimum absolute atomic E-state index is 0. The predicted octanol–water partition coefficient (Wildman–Crippen LogP) is 0.142. The minimum atomic E-state index is -0.398. The molecule has 3 fully saturated rings. The van der Waals surface area contributed by atoms with E-state index in [0.717, 1.165) is 12.8 Å². The first-order valence-electron chi connectivity index (χ1n) is 6.99. The van der Waals surface area contributed by atoms with Crippen LogP contribution in [-0.4, -0.2) is 35.5 Å². The van der Waals surface area contributed by atoms with Crippen molar-refractivity contribution in [3.8, 4) is 0 Å². The Balaban J connectivity index is 0.000000562. The zero-order valence-corrected chi connectivity index (χ0v) is 18.8. The van der Waals surface area contributed by atoms with Crippen LogP contribution in [0.25, 0.3) is 0 Å². The minimum Gasteiger partial charge on any atom is -0.483 e. The Labute approximate surface area is 122 Å². The molecule has 0 aromatic heterocycles. The third-order valence-corrected chi connectivity index (χ3v) is 4.46. The van der Waals surface area contributed by atoms with E-state index < -0.39 is 5.97 Å². The molecule has 0 aromatic rings. The van der Waals surface area contributed by atoms with Crippen LogP contribution in [-0.2, 0) is 23.9 Å². The normalized spacial score (nSPS) is 33.4. The van der Waals surface area contributed by atoms with Crippen molar-refractivity contribution in [2.75, 3.05) is 0 Å². The third-order valence-electron chi connectivity index (χ3n) is 4.46. The van der Waals surface area contributed by atoms with E-state index in [1.54, 1.807) is 0 Å². The summed E-state index contributed by atoms with van der Waals surface area (Å²) in [6.07, 6.45) is 4.01. The number of unbranched alkanes of at least 4 members (excludes halogenated alkanes) is 1. The molecule has 5 atom stereocenters. The fourth-order valence-electron chi connectivity index (χ4n) is 3.53. The van der Waals surface area contributed by atoms with E-state index in [9.17, 15) is 14.4 Å². The fraction of sp³-hybridized carbons (Fsp3) is 0.643. The molecular weight excluding hydrogens is 545 g/mol. The molecule has 3 aliphatic rings. The molecule has 5 unspecified atom stereocenters. The number of rotatable bonds is 4. The molecule has 1 saturated heterocycles. The predicted molar refractivity (Wildman–Crippen MR) is 69.5 cm³/mol. The Morgan fingerprint density at radius 2 is 2.00 bits per heavy atom. The molecule has 1 heterocycles. The molecule has 1 aliphatic heterocycles. The first-order chi connectivity index (χ1) is 10.0. The van der Waals surface area contributed by atoms with Gasteiger partial charge in [-0.25, -0.2) is 0 Å². The number of carbonyl (C=O) groups excluding carboxylic acids is 3. The number of nitrogens with one attached hydrogen (secondary N) is 1. The molecule has 22 heavy (non-hydrogen) atoms. The second-order valence-corrected chi connectivity index (χ2v) is 5.45. The van der Waals surface area contributed by atoms with Gasteiger partial charge in [0.05, 0.1) is 11.8 Å². The average molecular weight is 563 g/mol. The SMILES string of the molecule is CC[CH-]CC(=O)NC1CC2C3C(=O)OC(=O)C3C12.O=CO.[Rf]. The summed E-state index contributed by atoms with van der Waals surface area (Å²) in [6.45, 7) is 1.74. The number of fused-ring (bicyclic) bond motifs is 4. The van der Waals surface area contributed by atoms with Crippen LogP contribution in [0, 0.1) is 30.1 Å². The maximum atomic E-state index is 11.6. The zero-order chi connectivity index (χ0) is 15.6. The Morgan fingerprint density at radius 3 is 2.59 bits per heavy atom. The van der Waals surface area contributed by atoms with Crippen molar-refractivity contribution in [2.24, 2.45) is 23.7 Å². The molecule has 2 N–H and O–H groups in total. The van der Waals surface area contributed by atoms with E-state index in [4.69, 9.17) is 9.90 Å². The Hall–Kier alpha value is -2.92. The van der Waals surface area contributed by atoms with Gasteiger partial charge in [-0.2, -0.15) is 6.42 Å². The van der Waals surface area contributed by atoms with Gasteiger partial charge in [-0.3, -0.25) is 19.2 Å². The summed E-state index contributed by atoms with van der Waals surface area (Å²) < 4.78 is 4.65. The first kappa shape index (κ1) is 17.1. The van der Waals surface area contributed by atoms with Crippen LogP contribution >= 0.6 is 0 Å². The molecule has 2 saturated carbocycles.